The van der Waals surface area contributed by atoms with E-state index in [4.69, 9.17) is 0 Å². The van der Waals surface area contributed by atoms with Crippen molar-refractivity contribution in [2.75, 3.05) is 6.54 Å². The summed E-state index contributed by atoms with van der Waals surface area (Å²) in [6.07, 6.45) is 8.07. The molecule has 0 aromatic heterocycles. The predicted octanol–water partition coefficient (Wildman–Crippen LogP) is 3.20. The Balaban J connectivity index is 2.18. The topological polar surface area (TPSA) is 61.4 Å². The molecule has 1 aliphatic rings. The van der Waals surface area contributed by atoms with E-state index >= 15 is 0 Å². The lowest BCUT2D eigenvalue weighted by atomic mass is 9.87. The maximum atomic E-state index is 11.9. The third-order valence-corrected chi connectivity index (χ3v) is 4.22. The van der Waals surface area contributed by atoms with Crippen molar-refractivity contribution < 1.29 is 9.90 Å². The number of rotatable bonds is 7. The van der Waals surface area contributed by atoms with E-state index in [2.05, 4.69) is 31.4 Å². The number of aliphatic hydroxyl groups excluding tert-OH is 1. The minimum atomic E-state index is -0.173. The van der Waals surface area contributed by atoms with Crippen molar-refractivity contribution in [2.24, 2.45) is 5.41 Å². The van der Waals surface area contributed by atoms with Crippen molar-refractivity contribution in [1.29, 1.82) is 0 Å². The number of unbranched alkanes of at least 4 members (excludes halogenated alkanes) is 2. The van der Waals surface area contributed by atoms with Crippen molar-refractivity contribution in [3.8, 4) is 0 Å². The Bertz CT molecular complexity index is 284. The largest absolute Gasteiger partial charge is 0.393 e. The van der Waals surface area contributed by atoms with E-state index in [9.17, 15) is 9.90 Å². The van der Waals surface area contributed by atoms with E-state index in [1.54, 1.807) is 0 Å². The second-order valence-corrected chi connectivity index (χ2v) is 6.95. The molecule has 0 saturated heterocycles. The van der Waals surface area contributed by atoms with Crippen LogP contribution >= 0.6 is 0 Å². The normalized spacial score (nSPS) is 23.4. The van der Waals surface area contributed by atoms with Gasteiger partial charge in [-0.3, -0.25) is 0 Å². The zero-order valence-electron chi connectivity index (χ0n) is 13.4. The lowest BCUT2D eigenvalue weighted by Gasteiger charge is -2.28. The van der Waals surface area contributed by atoms with Gasteiger partial charge in [0, 0.05) is 12.6 Å². The number of urea groups is 1. The summed E-state index contributed by atoms with van der Waals surface area (Å²) >= 11 is 0. The third-order valence-electron chi connectivity index (χ3n) is 4.22. The maximum absolute atomic E-state index is 11.9. The Morgan fingerprint density at radius 1 is 1.20 bits per heavy atom. The van der Waals surface area contributed by atoms with Crippen LogP contribution in [-0.2, 0) is 0 Å². The van der Waals surface area contributed by atoms with E-state index in [0.717, 1.165) is 38.6 Å². The molecule has 118 valence electrons. The summed E-state index contributed by atoms with van der Waals surface area (Å²) < 4.78 is 0. The molecule has 0 atom stereocenters. The molecule has 1 aliphatic carbocycles. The van der Waals surface area contributed by atoms with Crippen LogP contribution in [0.4, 0.5) is 4.79 Å². The van der Waals surface area contributed by atoms with Gasteiger partial charge in [-0.1, -0.05) is 40.0 Å². The highest BCUT2D eigenvalue weighted by Crippen LogP contribution is 2.22. The molecule has 1 fully saturated rings. The molecule has 20 heavy (non-hydrogen) atoms. The summed E-state index contributed by atoms with van der Waals surface area (Å²) in [5, 5.41) is 15.5. The average molecular weight is 284 g/mol. The van der Waals surface area contributed by atoms with Gasteiger partial charge in [0.25, 0.3) is 0 Å². The number of amides is 2. The van der Waals surface area contributed by atoms with Crippen LogP contribution < -0.4 is 10.6 Å². The fourth-order valence-corrected chi connectivity index (χ4v) is 2.72. The standard InChI is InChI=1S/C16H32N2O2/c1-4-5-6-11-16(2,3)12-17-15(20)18-13-7-9-14(19)10-8-13/h13-14,19H,4-12H2,1-3H3,(H2,17,18,20). The van der Waals surface area contributed by atoms with Crippen LogP contribution in [0.1, 0.15) is 72.1 Å². The fourth-order valence-electron chi connectivity index (χ4n) is 2.72. The Morgan fingerprint density at radius 2 is 1.85 bits per heavy atom. The number of hydrogen-bond acceptors (Lipinski definition) is 2. The highest BCUT2D eigenvalue weighted by molar-refractivity contribution is 5.74. The smallest absolute Gasteiger partial charge is 0.315 e. The Morgan fingerprint density at radius 3 is 2.45 bits per heavy atom. The van der Waals surface area contributed by atoms with Crippen molar-refractivity contribution in [3.63, 3.8) is 0 Å². The molecule has 0 aliphatic heterocycles. The monoisotopic (exact) mass is 284 g/mol. The molecule has 0 unspecified atom stereocenters. The fraction of sp³-hybridized carbons (Fsp3) is 0.938. The van der Waals surface area contributed by atoms with Crippen LogP contribution in [0.15, 0.2) is 0 Å². The van der Waals surface area contributed by atoms with Crippen LogP contribution in [0.5, 0.6) is 0 Å². The van der Waals surface area contributed by atoms with Gasteiger partial charge in [0.1, 0.15) is 0 Å². The number of aliphatic hydroxyl groups is 1. The van der Waals surface area contributed by atoms with Gasteiger partial charge >= 0.3 is 6.03 Å². The van der Waals surface area contributed by atoms with E-state index in [1.807, 2.05) is 0 Å². The van der Waals surface area contributed by atoms with E-state index in [1.165, 1.54) is 19.3 Å². The van der Waals surface area contributed by atoms with Crippen molar-refractivity contribution >= 4 is 6.03 Å². The van der Waals surface area contributed by atoms with Crippen LogP contribution in [0, 0.1) is 5.41 Å². The number of carbonyl (C=O) groups is 1. The minimum Gasteiger partial charge on any atom is -0.393 e. The summed E-state index contributed by atoms with van der Waals surface area (Å²) in [5.74, 6) is 0. The van der Waals surface area contributed by atoms with Gasteiger partial charge in [0.2, 0.25) is 0 Å². The van der Waals surface area contributed by atoms with Crippen molar-refractivity contribution in [1.82, 2.24) is 10.6 Å². The van der Waals surface area contributed by atoms with E-state index < -0.39 is 0 Å². The molecule has 1 rings (SSSR count). The molecule has 1 saturated carbocycles. The molecule has 0 bridgehead atoms. The van der Waals surface area contributed by atoms with Gasteiger partial charge in [-0.2, -0.15) is 0 Å². The Kier molecular flexibility index (Phi) is 7.35. The Hall–Kier alpha value is -0.770. The van der Waals surface area contributed by atoms with Crippen molar-refractivity contribution in [3.05, 3.63) is 0 Å². The lowest BCUT2D eigenvalue weighted by Crippen LogP contribution is -2.46. The van der Waals surface area contributed by atoms with Gasteiger partial charge in [-0.15, -0.1) is 0 Å². The number of nitrogens with one attached hydrogen (secondary N) is 2. The molecule has 0 heterocycles. The summed E-state index contributed by atoms with van der Waals surface area (Å²) in [5.41, 5.74) is 0.162. The first-order chi connectivity index (χ1) is 9.43. The van der Waals surface area contributed by atoms with Crippen molar-refractivity contribution in [2.45, 2.75) is 84.3 Å². The maximum Gasteiger partial charge on any atom is 0.315 e. The first-order valence-electron chi connectivity index (χ1n) is 8.15. The highest BCUT2D eigenvalue weighted by atomic mass is 16.3. The van der Waals surface area contributed by atoms with Gasteiger partial charge in [0.15, 0.2) is 0 Å². The quantitative estimate of drug-likeness (QED) is 0.629. The third kappa shape index (κ3) is 7.13. The molecule has 4 heteroatoms. The molecule has 2 amide bonds. The van der Waals surface area contributed by atoms with Gasteiger partial charge in [0.05, 0.1) is 6.10 Å². The van der Waals surface area contributed by atoms with Gasteiger partial charge in [-0.25, -0.2) is 4.79 Å². The van der Waals surface area contributed by atoms with Crippen LogP contribution in [0.25, 0.3) is 0 Å². The molecule has 0 aromatic carbocycles. The SMILES string of the molecule is CCCCCC(C)(C)CNC(=O)NC1CCC(O)CC1. The highest BCUT2D eigenvalue weighted by Gasteiger charge is 2.22. The van der Waals surface area contributed by atoms with E-state index in [0.29, 0.717) is 0 Å². The summed E-state index contributed by atoms with van der Waals surface area (Å²) in [4.78, 5) is 11.9. The summed E-state index contributed by atoms with van der Waals surface area (Å²) in [7, 11) is 0. The predicted molar refractivity (Wildman–Crippen MR) is 82.7 cm³/mol. The summed E-state index contributed by atoms with van der Waals surface area (Å²) in [6.45, 7) is 7.34. The van der Waals surface area contributed by atoms with Crippen LogP contribution in [0.3, 0.4) is 0 Å². The molecular formula is C16H32N2O2. The number of carbonyl (C=O) groups excluding carboxylic acids is 1. The van der Waals surface area contributed by atoms with Gasteiger partial charge in [-0.05, 0) is 37.5 Å². The van der Waals surface area contributed by atoms with Crippen LogP contribution in [0.2, 0.25) is 0 Å². The zero-order chi connectivity index (χ0) is 15.0. The van der Waals surface area contributed by atoms with Gasteiger partial charge < -0.3 is 15.7 Å². The van der Waals surface area contributed by atoms with E-state index in [-0.39, 0.29) is 23.6 Å². The Labute approximate surface area is 123 Å². The average Bonchev–Trinajstić information content (AvgIpc) is 2.40. The first-order valence-corrected chi connectivity index (χ1v) is 8.15. The molecule has 0 aromatic rings. The van der Waals surface area contributed by atoms with Crippen LogP contribution in [-0.4, -0.2) is 29.8 Å². The lowest BCUT2D eigenvalue weighted by molar-refractivity contribution is 0.117. The molecule has 3 N–H and O–H groups in total. The number of hydrogen-bond donors (Lipinski definition) is 3. The second kappa shape index (κ2) is 8.50. The molecule has 4 nitrogen and oxygen atoms in total. The first kappa shape index (κ1) is 17.3. The molecule has 0 radical (unpaired) electrons. The molecule has 0 spiro atoms. The molecular weight excluding hydrogens is 252 g/mol. The summed E-state index contributed by atoms with van der Waals surface area (Å²) in [6, 6.07) is 0.163. The zero-order valence-corrected chi connectivity index (χ0v) is 13.4. The second-order valence-electron chi connectivity index (χ2n) is 6.95. The minimum absolute atomic E-state index is 0.0602.